The van der Waals surface area contributed by atoms with Crippen LogP contribution in [0.25, 0.3) is 0 Å². The summed E-state index contributed by atoms with van der Waals surface area (Å²) in [7, 11) is 0. The molecule has 1 aromatic rings. The van der Waals surface area contributed by atoms with Gasteiger partial charge in [0.15, 0.2) is 5.78 Å². The van der Waals surface area contributed by atoms with Crippen molar-refractivity contribution in [1.29, 1.82) is 0 Å². The summed E-state index contributed by atoms with van der Waals surface area (Å²) in [6.45, 7) is 0. The molecule has 3 rings (SSSR count). The van der Waals surface area contributed by atoms with Crippen LogP contribution in [-0.4, -0.2) is 18.0 Å². The third-order valence-electron chi connectivity index (χ3n) is 3.96. The fraction of sp³-hybridized carbons (Fsp3) is 0.533. The minimum atomic E-state index is -0.152. The van der Waals surface area contributed by atoms with Crippen molar-refractivity contribution in [3.8, 4) is 0 Å². The van der Waals surface area contributed by atoms with Crippen molar-refractivity contribution < 1.29 is 9.53 Å². The van der Waals surface area contributed by atoms with E-state index in [2.05, 4.69) is 0 Å². The molecule has 17 heavy (non-hydrogen) atoms. The maximum Gasteiger partial charge on any atom is 0.194 e. The lowest BCUT2D eigenvalue weighted by atomic mass is 9.85. The first-order valence-electron chi connectivity index (χ1n) is 6.61. The van der Waals surface area contributed by atoms with Gasteiger partial charge in [0.1, 0.15) is 6.10 Å². The van der Waals surface area contributed by atoms with E-state index >= 15 is 0 Å². The Bertz CT molecular complexity index is 393. The average molecular weight is 230 g/mol. The second-order valence-corrected chi connectivity index (χ2v) is 5.15. The lowest BCUT2D eigenvalue weighted by Crippen LogP contribution is -2.18. The minimum absolute atomic E-state index is 0.152. The number of hydrogen-bond acceptors (Lipinski definition) is 2. The normalized spacial score (nSPS) is 28.9. The molecule has 2 atom stereocenters. The average Bonchev–Trinajstić information content (AvgIpc) is 3.20. The molecule has 0 radical (unpaired) electrons. The number of ketones is 1. The zero-order chi connectivity index (χ0) is 11.7. The van der Waals surface area contributed by atoms with Gasteiger partial charge in [-0.15, -0.1) is 0 Å². The first kappa shape index (κ1) is 11.0. The number of rotatable bonds is 3. The first-order valence-corrected chi connectivity index (χ1v) is 6.61. The maximum absolute atomic E-state index is 12.1. The highest BCUT2D eigenvalue weighted by Gasteiger charge is 2.49. The fourth-order valence-electron chi connectivity index (χ4n) is 2.92. The molecule has 2 aliphatic rings. The summed E-state index contributed by atoms with van der Waals surface area (Å²) in [5, 5.41) is 0. The molecule has 1 aromatic carbocycles. The van der Waals surface area contributed by atoms with Gasteiger partial charge in [-0.25, -0.2) is 0 Å². The van der Waals surface area contributed by atoms with E-state index in [1.807, 2.05) is 30.3 Å². The van der Waals surface area contributed by atoms with Crippen LogP contribution < -0.4 is 0 Å². The van der Waals surface area contributed by atoms with Gasteiger partial charge >= 0.3 is 0 Å². The van der Waals surface area contributed by atoms with E-state index < -0.39 is 0 Å². The standard InChI is InChI=1S/C15H18O2/c16-13(11-7-3-1-4-8-11)15-14(17-15)12-9-5-2-6-10-12/h1,3-4,7-8,12,14-15H,2,5-6,9-10H2/t14-,15+/m1/s1. The van der Waals surface area contributed by atoms with Crippen molar-refractivity contribution in [1.82, 2.24) is 0 Å². The van der Waals surface area contributed by atoms with Crippen LogP contribution in [0.5, 0.6) is 0 Å². The Balaban J connectivity index is 1.62. The largest absolute Gasteiger partial charge is 0.361 e. The third-order valence-corrected chi connectivity index (χ3v) is 3.96. The van der Waals surface area contributed by atoms with Crippen LogP contribution >= 0.6 is 0 Å². The second-order valence-electron chi connectivity index (χ2n) is 5.15. The number of benzene rings is 1. The fourth-order valence-corrected chi connectivity index (χ4v) is 2.92. The number of carbonyl (C=O) groups is 1. The number of ether oxygens (including phenoxy) is 1. The third kappa shape index (κ3) is 2.27. The Labute approximate surface area is 102 Å². The number of Topliss-reactive ketones (excluding diaryl/α,β-unsaturated/α-hetero) is 1. The van der Waals surface area contributed by atoms with Crippen molar-refractivity contribution in [2.45, 2.75) is 44.3 Å². The predicted octanol–water partition coefficient (Wildman–Crippen LogP) is 3.22. The smallest absolute Gasteiger partial charge is 0.194 e. The van der Waals surface area contributed by atoms with E-state index in [1.54, 1.807) is 0 Å². The molecule has 2 heteroatoms. The highest BCUT2D eigenvalue weighted by molar-refractivity contribution is 6.01. The summed E-state index contributed by atoms with van der Waals surface area (Å²) in [4.78, 5) is 12.1. The van der Waals surface area contributed by atoms with Crippen LogP contribution in [0.3, 0.4) is 0 Å². The van der Waals surface area contributed by atoms with Crippen LogP contribution in [-0.2, 0) is 4.74 Å². The molecule has 1 heterocycles. The molecule has 0 aromatic heterocycles. The van der Waals surface area contributed by atoms with Crippen molar-refractivity contribution in [3.63, 3.8) is 0 Å². The minimum Gasteiger partial charge on any atom is -0.361 e. The van der Waals surface area contributed by atoms with E-state index in [1.165, 1.54) is 32.1 Å². The molecule has 0 spiro atoms. The summed E-state index contributed by atoms with van der Waals surface area (Å²) in [6, 6.07) is 9.50. The quantitative estimate of drug-likeness (QED) is 0.589. The highest BCUT2D eigenvalue weighted by Crippen LogP contribution is 2.39. The molecule has 1 aliphatic heterocycles. The van der Waals surface area contributed by atoms with E-state index in [9.17, 15) is 4.79 Å². The lowest BCUT2D eigenvalue weighted by molar-refractivity contribution is 0.0953. The van der Waals surface area contributed by atoms with Gasteiger partial charge in [0.05, 0.1) is 6.10 Å². The first-order chi connectivity index (χ1) is 8.36. The van der Waals surface area contributed by atoms with Crippen molar-refractivity contribution in [2.75, 3.05) is 0 Å². The summed E-state index contributed by atoms with van der Waals surface area (Å²) in [5.74, 6) is 0.794. The number of hydrogen-bond donors (Lipinski definition) is 0. The zero-order valence-corrected chi connectivity index (χ0v) is 9.97. The van der Waals surface area contributed by atoms with Crippen LogP contribution in [0.2, 0.25) is 0 Å². The summed E-state index contributed by atoms with van der Waals surface area (Å²) >= 11 is 0. The second kappa shape index (κ2) is 4.61. The van der Waals surface area contributed by atoms with Crippen LogP contribution in [0.15, 0.2) is 30.3 Å². The van der Waals surface area contributed by atoms with E-state index in [0.717, 1.165) is 5.56 Å². The van der Waals surface area contributed by atoms with E-state index in [4.69, 9.17) is 4.74 Å². The molecule has 0 amide bonds. The van der Waals surface area contributed by atoms with Gasteiger partial charge in [-0.05, 0) is 18.8 Å². The van der Waals surface area contributed by atoms with Gasteiger partial charge in [-0.1, -0.05) is 49.6 Å². The van der Waals surface area contributed by atoms with Crippen molar-refractivity contribution in [2.24, 2.45) is 5.92 Å². The van der Waals surface area contributed by atoms with Gasteiger partial charge in [0, 0.05) is 5.56 Å². The molecule has 1 saturated heterocycles. The SMILES string of the molecule is O=C(c1ccccc1)[C@@H]1O[C@@H]1C1CCCCC1. The van der Waals surface area contributed by atoms with E-state index in [0.29, 0.717) is 5.92 Å². The molecule has 2 nitrogen and oxygen atoms in total. The molecule has 90 valence electrons. The topological polar surface area (TPSA) is 29.6 Å². The summed E-state index contributed by atoms with van der Waals surface area (Å²) < 4.78 is 5.62. The lowest BCUT2D eigenvalue weighted by Gasteiger charge is -2.19. The molecule has 0 unspecified atom stereocenters. The molecule has 1 saturated carbocycles. The Morgan fingerprint density at radius 1 is 1.06 bits per heavy atom. The van der Waals surface area contributed by atoms with E-state index in [-0.39, 0.29) is 18.0 Å². The number of carbonyl (C=O) groups excluding carboxylic acids is 1. The predicted molar refractivity (Wildman–Crippen MR) is 66.0 cm³/mol. The molecule has 0 bridgehead atoms. The van der Waals surface area contributed by atoms with Gasteiger partial charge in [0.2, 0.25) is 0 Å². The summed E-state index contributed by atoms with van der Waals surface area (Å²) in [5.41, 5.74) is 0.788. The Kier molecular flexibility index (Phi) is 2.98. The molecule has 2 fully saturated rings. The highest BCUT2D eigenvalue weighted by atomic mass is 16.6. The van der Waals surface area contributed by atoms with Gasteiger partial charge < -0.3 is 4.74 Å². The maximum atomic E-state index is 12.1. The van der Waals surface area contributed by atoms with Crippen LogP contribution in [0, 0.1) is 5.92 Å². The molecular weight excluding hydrogens is 212 g/mol. The van der Waals surface area contributed by atoms with Crippen LogP contribution in [0.1, 0.15) is 42.5 Å². The Hall–Kier alpha value is -1.15. The summed E-state index contributed by atoms with van der Waals surface area (Å²) in [6.07, 6.45) is 6.49. The molecular formula is C15H18O2. The van der Waals surface area contributed by atoms with Gasteiger partial charge in [-0.2, -0.15) is 0 Å². The van der Waals surface area contributed by atoms with Gasteiger partial charge in [-0.3, -0.25) is 4.79 Å². The monoisotopic (exact) mass is 230 g/mol. The molecule has 1 aliphatic carbocycles. The van der Waals surface area contributed by atoms with Crippen molar-refractivity contribution in [3.05, 3.63) is 35.9 Å². The molecule has 0 N–H and O–H groups in total. The van der Waals surface area contributed by atoms with Gasteiger partial charge in [0.25, 0.3) is 0 Å². The Morgan fingerprint density at radius 2 is 1.76 bits per heavy atom. The zero-order valence-electron chi connectivity index (χ0n) is 9.97. The van der Waals surface area contributed by atoms with Crippen LogP contribution in [0.4, 0.5) is 0 Å². The van der Waals surface area contributed by atoms with Crippen molar-refractivity contribution >= 4 is 5.78 Å². The Morgan fingerprint density at radius 3 is 2.47 bits per heavy atom. The number of epoxide rings is 1.